The predicted octanol–water partition coefficient (Wildman–Crippen LogP) is 5.85. The first-order valence-electron chi connectivity index (χ1n) is 9.55. The minimum Gasteiger partial charge on any atom is -0.480 e. The van der Waals surface area contributed by atoms with Crippen LogP contribution in [0.3, 0.4) is 0 Å². The molecule has 1 N–H and O–H groups in total. The molecule has 1 heterocycles. The highest BCUT2D eigenvalue weighted by molar-refractivity contribution is 8.02. The number of thiazole rings is 1. The summed E-state index contributed by atoms with van der Waals surface area (Å²) in [7, 11) is 0. The molecule has 0 aliphatic carbocycles. The first-order valence-corrected chi connectivity index (χ1v) is 11.3. The second-order valence-electron chi connectivity index (χ2n) is 7.54. The monoisotopic (exact) mass is 418 g/mol. The van der Waals surface area contributed by atoms with Crippen LogP contribution in [-0.2, 0) is 11.2 Å². The number of carboxylic acid groups (broad SMARTS) is 1. The molecule has 0 saturated heterocycles. The molecule has 1 aromatic heterocycles. The standard InChI is InChI=1S/C22H30N2O2S2/c1-6-7-12-24(19-10-8-9-17(14-19)16(2)3)13-11-18-15-27-21(23-18)28-22(4,5)20(25)26/h6-10,14-16H,11-13H2,1-5H3,(H,25,26). The number of carboxylic acids is 1. The van der Waals surface area contributed by atoms with Gasteiger partial charge in [-0.1, -0.05) is 49.9 Å². The van der Waals surface area contributed by atoms with Gasteiger partial charge in [0.2, 0.25) is 0 Å². The predicted molar refractivity (Wildman–Crippen MR) is 121 cm³/mol. The van der Waals surface area contributed by atoms with E-state index in [4.69, 9.17) is 0 Å². The van der Waals surface area contributed by atoms with E-state index in [1.54, 1.807) is 13.8 Å². The smallest absolute Gasteiger partial charge is 0.319 e. The first kappa shape index (κ1) is 22.5. The third-order valence-electron chi connectivity index (χ3n) is 4.49. The summed E-state index contributed by atoms with van der Waals surface area (Å²) in [5.41, 5.74) is 3.58. The highest BCUT2D eigenvalue weighted by atomic mass is 32.2. The van der Waals surface area contributed by atoms with Gasteiger partial charge in [0.05, 0.1) is 5.69 Å². The molecule has 4 nitrogen and oxygen atoms in total. The third-order valence-corrected chi connectivity index (χ3v) is 6.66. The molecule has 0 fully saturated rings. The zero-order valence-electron chi connectivity index (χ0n) is 17.3. The summed E-state index contributed by atoms with van der Waals surface area (Å²) in [6.45, 7) is 11.6. The Morgan fingerprint density at radius 1 is 1.39 bits per heavy atom. The minimum absolute atomic E-state index is 0.499. The van der Waals surface area contributed by atoms with E-state index in [9.17, 15) is 9.90 Å². The molecule has 0 radical (unpaired) electrons. The Balaban J connectivity index is 2.08. The van der Waals surface area contributed by atoms with Crippen molar-refractivity contribution in [2.24, 2.45) is 0 Å². The van der Waals surface area contributed by atoms with E-state index in [-0.39, 0.29) is 0 Å². The number of nitrogens with zero attached hydrogens (tertiary/aromatic N) is 2. The van der Waals surface area contributed by atoms with Crippen LogP contribution < -0.4 is 4.90 Å². The summed E-state index contributed by atoms with van der Waals surface area (Å²) in [6, 6.07) is 8.73. The van der Waals surface area contributed by atoms with Gasteiger partial charge in [-0.3, -0.25) is 4.79 Å². The number of hydrogen-bond donors (Lipinski definition) is 1. The van der Waals surface area contributed by atoms with Crippen LogP contribution in [0.25, 0.3) is 0 Å². The second kappa shape index (κ2) is 10.1. The van der Waals surface area contributed by atoms with E-state index in [1.807, 2.05) is 12.3 Å². The lowest BCUT2D eigenvalue weighted by atomic mass is 10.0. The van der Waals surface area contributed by atoms with Crippen molar-refractivity contribution in [2.75, 3.05) is 18.0 Å². The third kappa shape index (κ3) is 6.38. The van der Waals surface area contributed by atoms with Crippen LogP contribution in [0.2, 0.25) is 0 Å². The van der Waals surface area contributed by atoms with Crippen LogP contribution in [0.15, 0.2) is 46.1 Å². The van der Waals surface area contributed by atoms with Gasteiger partial charge in [0, 0.05) is 30.6 Å². The number of thioether (sulfide) groups is 1. The number of rotatable bonds is 10. The number of allylic oxidation sites excluding steroid dienone is 1. The summed E-state index contributed by atoms with van der Waals surface area (Å²) in [6.07, 6.45) is 5.07. The molecular weight excluding hydrogens is 388 g/mol. The number of anilines is 1. The molecule has 0 amide bonds. The lowest BCUT2D eigenvalue weighted by Crippen LogP contribution is -2.27. The van der Waals surface area contributed by atoms with Crippen LogP contribution in [0.4, 0.5) is 5.69 Å². The highest BCUT2D eigenvalue weighted by Crippen LogP contribution is 2.34. The fraction of sp³-hybridized carbons (Fsp3) is 0.455. The van der Waals surface area contributed by atoms with Crippen molar-refractivity contribution < 1.29 is 9.90 Å². The molecule has 2 aromatic rings. The fourth-order valence-electron chi connectivity index (χ4n) is 2.60. The zero-order chi connectivity index (χ0) is 20.7. The van der Waals surface area contributed by atoms with Crippen molar-refractivity contribution in [1.82, 2.24) is 4.98 Å². The zero-order valence-corrected chi connectivity index (χ0v) is 18.9. The fourth-order valence-corrected chi connectivity index (χ4v) is 4.83. The molecule has 152 valence electrons. The maximum absolute atomic E-state index is 11.3. The Labute approximate surface area is 176 Å². The number of hydrogen-bond acceptors (Lipinski definition) is 5. The summed E-state index contributed by atoms with van der Waals surface area (Å²) >= 11 is 2.83. The van der Waals surface area contributed by atoms with Crippen LogP contribution >= 0.6 is 23.1 Å². The number of aliphatic carboxylic acids is 1. The Hall–Kier alpha value is -1.79. The average molecular weight is 419 g/mol. The highest BCUT2D eigenvalue weighted by Gasteiger charge is 2.29. The van der Waals surface area contributed by atoms with Gasteiger partial charge in [-0.15, -0.1) is 11.3 Å². The van der Waals surface area contributed by atoms with Crippen molar-refractivity contribution in [3.05, 3.63) is 53.1 Å². The molecule has 0 aliphatic heterocycles. The van der Waals surface area contributed by atoms with Crippen molar-refractivity contribution in [3.8, 4) is 0 Å². The molecule has 2 rings (SSSR count). The van der Waals surface area contributed by atoms with E-state index in [1.165, 1.54) is 34.3 Å². The van der Waals surface area contributed by atoms with Crippen molar-refractivity contribution in [1.29, 1.82) is 0 Å². The summed E-state index contributed by atoms with van der Waals surface area (Å²) in [4.78, 5) is 18.3. The van der Waals surface area contributed by atoms with Crippen LogP contribution in [0.5, 0.6) is 0 Å². The van der Waals surface area contributed by atoms with Gasteiger partial charge in [-0.25, -0.2) is 4.98 Å². The van der Waals surface area contributed by atoms with Gasteiger partial charge >= 0.3 is 5.97 Å². The molecule has 0 atom stereocenters. The summed E-state index contributed by atoms with van der Waals surface area (Å²) in [5, 5.41) is 11.3. The first-order chi connectivity index (χ1) is 13.2. The molecule has 0 bridgehead atoms. The molecule has 0 unspecified atom stereocenters. The van der Waals surface area contributed by atoms with Gasteiger partial charge in [0.25, 0.3) is 0 Å². The Morgan fingerprint density at radius 2 is 2.14 bits per heavy atom. The maximum Gasteiger partial charge on any atom is 0.319 e. The number of benzene rings is 1. The number of carbonyl (C=O) groups is 1. The lowest BCUT2D eigenvalue weighted by Gasteiger charge is -2.24. The maximum atomic E-state index is 11.3. The van der Waals surface area contributed by atoms with Crippen LogP contribution in [-0.4, -0.2) is 33.9 Å². The van der Waals surface area contributed by atoms with Gasteiger partial charge in [-0.05, 0) is 44.4 Å². The van der Waals surface area contributed by atoms with Crippen molar-refractivity contribution in [2.45, 2.75) is 56.0 Å². The molecule has 6 heteroatoms. The topological polar surface area (TPSA) is 53.4 Å². The molecule has 0 saturated carbocycles. The van der Waals surface area contributed by atoms with Gasteiger partial charge in [0.1, 0.15) is 4.75 Å². The molecule has 0 aliphatic rings. The van der Waals surface area contributed by atoms with Crippen LogP contribution in [0.1, 0.15) is 51.8 Å². The van der Waals surface area contributed by atoms with E-state index in [0.29, 0.717) is 5.92 Å². The van der Waals surface area contributed by atoms with Crippen molar-refractivity contribution in [3.63, 3.8) is 0 Å². The molecule has 0 spiro atoms. The summed E-state index contributed by atoms with van der Waals surface area (Å²) in [5.74, 6) is -0.323. The molecular formula is C22H30N2O2S2. The van der Waals surface area contributed by atoms with E-state index in [2.05, 4.69) is 60.1 Å². The summed E-state index contributed by atoms with van der Waals surface area (Å²) < 4.78 is -0.0612. The Kier molecular flexibility index (Phi) is 8.13. The molecule has 28 heavy (non-hydrogen) atoms. The Bertz CT molecular complexity index is 812. The Morgan fingerprint density at radius 3 is 2.79 bits per heavy atom. The quantitative estimate of drug-likeness (QED) is 0.388. The van der Waals surface area contributed by atoms with Gasteiger partial charge < -0.3 is 10.0 Å². The van der Waals surface area contributed by atoms with Gasteiger partial charge in [0.15, 0.2) is 4.34 Å². The molecule has 1 aromatic carbocycles. The van der Waals surface area contributed by atoms with E-state index in [0.717, 1.165) is 29.5 Å². The van der Waals surface area contributed by atoms with Gasteiger partial charge in [-0.2, -0.15) is 0 Å². The van der Waals surface area contributed by atoms with Crippen LogP contribution in [0, 0.1) is 0 Å². The minimum atomic E-state index is -0.871. The largest absolute Gasteiger partial charge is 0.480 e. The normalized spacial score (nSPS) is 12.1. The second-order valence-corrected chi connectivity index (χ2v) is 10.3. The SMILES string of the molecule is CC=CCN(CCc1csc(SC(C)(C)C(=O)O)n1)c1cccc(C(C)C)c1. The van der Waals surface area contributed by atoms with E-state index < -0.39 is 10.7 Å². The number of aromatic nitrogens is 1. The average Bonchev–Trinajstić information content (AvgIpc) is 3.08. The van der Waals surface area contributed by atoms with E-state index >= 15 is 0 Å². The van der Waals surface area contributed by atoms with Crippen molar-refractivity contribution >= 4 is 34.8 Å². The lowest BCUT2D eigenvalue weighted by molar-refractivity contribution is -0.138.